The maximum absolute atomic E-state index is 13.9. The first-order valence-electron chi connectivity index (χ1n) is 6.86. The fraction of sp³-hybridized carbons (Fsp3) is 0.533. The van der Waals surface area contributed by atoms with E-state index in [0.717, 1.165) is 19.3 Å². The summed E-state index contributed by atoms with van der Waals surface area (Å²) in [5.74, 6) is 0.628. The zero-order valence-corrected chi connectivity index (χ0v) is 12.0. The molecule has 2 N–H and O–H groups in total. The van der Waals surface area contributed by atoms with Crippen LogP contribution < -0.4 is 10.5 Å². The van der Waals surface area contributed by atoms with Gasteiger partial charge in [-0.3, -0.25) is 0 Å². The van der Waals surface area contributed by atoms with Crippen LogP contribution in [-0.2, 0) is 0 Å². The van der Waals surface area contributed by atoms with E-state index >= 15 is 0 Å². The van der Waals surface area contributed by atoms with Crippen LogP contribution in [0, 0.1) is 11.7 Å². The Morgan fingerprint density at radius 2 is 2.26 bits per heavy atom. The van der Waals surface area contributed by atoms with Crippen molar-refractivity contribution in [2.24, 2.45) is 11.7 Å². The molecule has 0 aliphatic heterocycles. The Bertz CT molecular complexity index is 463. The summed E-state index contributed by atoms with van der Waals surface area (Å²) in [4.78, 5) is 0.203. The van der Waals surface area contributed by atoms with Crippen molar-refractivity contribution in [2.75, 3.05) is 0 Å². The lowest BCUT2D eigenvalue weighted by Crippen LogP contribution is -2.25. The van der Waals surface area contributed by atoms with Crippen molar-refractivity contribution in [3.8, 4) is 5.75 Å². The summed E-state index contributed by atoms with van der Waals surface area (Å²) in [5.41, 5.74) is 6.01. The molecule has 4 heteroatoms. The molecule has 0 heterocycles. The molecule has 0 bridgehead atoms. The largest absolute Gasteiger partial charge is 0.487 e. The van der Waals surface area contributed by atoms with Crippen LogP contribution in [0.25, 0.3) is 0 Å². The van der Waals surface area contributed by atoms with E-state index in [1.54, 1.807) is 12.1 Å². The van der Waals surface area contributed by atoms with Gasteiger partial charge in [0.2, 0.25) is 0 Å². The molecular weight excluding hydrogens is 261 g/mol. The number of benzene rings is 1. The first-order valence-corrected chi connectivity index (χ1v) is 7.27. The maximum atomic E-state index is 13.9. The van der Waals surface area contributed by atoms with Gasteiger partial charge in [0.1, 0.15) is 4.99 Å². The number of thiocarbonyl (C=S) groups is 1. The second-order valence-corrected chi connectivity index (χ2v) is 5.63. The third kappa shape index (κ3) is 3.66. The van der Waals surface area contributed by atoms with Crippen LogP contribution in [0.15, 0.2) is 18.2 Å². The minimum absolute atomic E-state index is 0.129. The molecule has 0 radical (unpaired) electrons. The molecule has 2 nitrogen and oxygen atoms in total. The molecule has 1 aromatic rings. The standard InChI is InChI=1S/C15H20FNOS/c1-2-10-4-3-5-12(8-10)18-14-7-6-11(15(17)19)9-13(14)16/h6-7,9-10,12H,2-5,8H2,1H3,(H2,17,19). The lowest BCUT2D eigenvalue weighted by Gasteiger charge is -2.29. The zero-order valence-electron chi connectivity index (χ0n) is 11.2. The summed E-state index contributed by atoms with van der Waals surface area (Å²) in [5, 5.41) is 0. The topological polar surface area (TPSA) is 35.2 Å². The summed E-state index contributed by atoms with van der Waals surface area (Å²) in [6, 6.07) is 4.68. The highest BCUT2D eigenvalue weighted by molar-refractivity contribution is 7.80. The first-order chi connectivity index (χ1) is 9.10. The van der Waals surface area contributed by atoms with Gasteiger partial charge in [-0.15, -0.1) is 0 Å². The van der Waals surface area contributed by atoms with Crippen LogP contribution in [0.2, 0.25) is 0 Å². The van der Waals surface area contributed by atoms with Crippen molar-refractivity contribution in [1.29, 1.82) is 0 Å². The maximum Gasteiger partial charge on any atom is 0.165 e. The summed E-state index contributed by atoms with van der Waals surface area (Å²) >= 11 is 4.83. The summed E-state index contributed by atoms with van der Waals surface area (Å²) in [7, 11) is 0. The Morgan fingerprint density at radius 1 is 1.47 bits per heavy atom. The number of hydrogen-bond donors (Lipinski definition) is 1. The third-order valence-corrected chi connectivity index (χ3v) is 4.06. The lowest BCUT2D eigenvalue weighted by molar-refractivity contribution is 0.117. The quantitative estimate of drug-likeness (QED) is 0.852. The van der Waals surface area contributed by atoms with Crippen LogP contribution in [0.1, 0.15) is 44.6 Å². The minimum Gasteiger partial charge on any atom is -0.487 e. The lowest BCUT2D eigenvalue weighted by atomic mass is 9.85. The Morgan fingerprint density at radius 3 is 2.89 bits per heavy atom. The van der Waals surface area contributed by atoms with Gasteiger partial charge in [-0.2, -0.15) is 0 Å². The van der Waals surface area contributed by atoms with E-state index in [1.807, 2.05) is 0 Å². The van der Waals surface area contributed by atoms with Crippen molar-refractivity contribution in [3.63, 3.8) is 0 Å². The van der Waals surface area contributed by atoms with E-state index in [-0.39, 0.29) is 16.9 Å². The normalized spacial score (nSPS) is 23.1. The number of hydrogen-bond acceptors (Lipinski definition) is 2. The summed E-state index contributed by atoms with van der Waals surface area (Å²) in [6.07, 6.45) is 5.75. The van der Waals surface area contributed by atoms with E-state index in [4.69, 9.17) is 22.7 Å². The van der Waals surface area contributed by atoms with Crippen LogP contribution in [-0.4, -0.2) is 11.1 Å². The highest BCUT2D eigenvalue weighted by Crippen LogP contribution is 2.30. The number of halogens is 1. The Balaban J connectivity index is 2.04. The second-order valence-electron chi connectivity index (χ2n) is 5.19. The van der Waals surface area contributed by atoms with Gasteiger partial charge in [-0.05, 0) is 43.4 Å². The van der Waals surface area contributed by atoms with Crippen molar-refractivity contribution in [1.82, 2.24) is 0 Å². The van der Waals surface area contributed by atoms with Crippen molar-refractivity contribution in [2.45, 2.75) is 45.1 Å². The first kappa shape index (κ1) is 14.3. The summed E-state index contributed by atoms with van der Waals surface area (Å²) < 4.78 is 19.7. The van der Waals surface area contributed by atoms with Crippen LogP contribution in [0.5, 0.6) is 5.75 Å². The molecule has 1 aliphatic rings. The van der Waals surface area contributed by atoms with Gasteiger partial charge >= 0.3 is 0 Å². The van der Waals surface area contributed by atoms with E-state index in [0.29, 0.717) is 17.2 Å². The fourth-order valence-corrected chi connectivity index (χ4v) is 2.78. The minimum atomic E-state index is -0.385. The van der Waals surface area contributed by atoms with Gasteiger partial charge in [-0.1, -0.05) is 32.0 Å². The molecule has 0 spiro atoms. The van der Waals surface area contributed by atoms with Gasteiger partial charge in [0, 0.05) is 5.56 Å². The SMILES string of the molecule is CCC1CCCC(Oc2ccc(C(N)=S)cc2F)C1. The van der Waals surface area contributed by atoms with E-state index < -0.39 is 0 Å². The Labute approximate surface area is 119 Å². The Kier molecular flexibility index (Phi) is 4.75. The predicted molar refractivity (Wildman–Crippen MR) is 79.0 cm³/mol. The Hall–Kier alpha value is -1.16. The van der Waals surface area contributed by atoms with E-state index in [2.05, 4.69) is 6.92 Å². The smallest absolute Gasteiger partial charge is 0.165 e. The van der Waals surface area contributed by atoms with Crippen LogP contribution >= 0.6 is 12.2 Å². The highest BCUT2D eigenvalue weighted by atomic mass is 32.1. The van der Waals surface area contributed by atoms with Crippen molar-refractivity contribution >= 4 is 17.2 Å². The molecule has 1 aromatic carbocycles. The van der Waals surface area contributed by atoms with E-state index in [1.165, 1.54) is 18.9 Å². The average Bonchev–Trinajstić information content (AvgIpc) is 2.41. The predicted octanol–water partition coefficient (Wildman–Crippen LogP) is 3.81. The monoisotopic (exact) mass is 281 g/mol. The molecule has 0 amide bonds. The van der Waals surface area contributed by atoms with Crippen LogP contribution in [0.4, 0.5) is 4.39 Å². The zero-order chi connectivity index (χ0) is 13.8. The fourth-order valence-electron chi connectivity index (χ4n) is 2.65. The average molecular weight is 281 g/mol. The molecule has 0 aromatic heterocycles. The highest BCUT2D eigenvalue weighted by Gasteiger charge is 2.23. The number of rotatable bonds is 4. The molecule has 0 saturated heterocycles. The van der Waals surface area contributed by atoms with Gasteiger partial charge in [0.05, 0.1) is 6.10 Å². The van der Waals surface area contributed by atoms with Crippen molar-refractivity contribution < 1.29 is 9.13 Å². The van der Waals surface area contributed by atoms with Crippen LogP contribution in [0.3, 0.4) is 0 Å². The van der Waals surface area contributed by atoms with Gasteiger partial charge < -0.3 is 10.5 Å². The third-order valence-electron chi connectivity index (χ3n) is 3.82. The molecule has 2 atom stereocenters. The second kappa shape index (κ2) is 6.33. The molecule has 2 rings (SSSR count). The molecule has 2 unspecified atom stereocenters. The van der Waals surface area contributed by atoms with E-state index in [9.17, 15) is 4.39 Å². The van der Waals surface area contributed by atoms with Gasteiger partial charge in [-0.25, -0.2) is 4.39 Å². The molecule has 1 saturated carbocycles. The number of nitrogens with two attached hydrogens (primary N) is 1. The van der Waals surface area contributed by atoms with Gasteiger partial charge in [0.15, 0.2) is 11.6 Å². The van der Waals surface area contributed by atoms with Crippen molar-refractivity contribution in [3.05, 3.63) is 29.6 Å². The molecular formula is C15H20FNOS. The molecule has 19 heavy (non-hydrogen) atoms. The molecule has 1 fully saturated rings. The molecule has 1 aliphatic carbocycles. The molecule has 104 valence electrons. The van der Waals surface area contributed by atoms with Gasteiger partial charge in [0.25, 0.3) is 0 Å². The summed E-state index contributed by atoms with van der Waals surface area (Å²) in [6.45, 7) is 2.20. The number of ether oxygens (including phenoxy) is 1.